The molecule has 0 aromatic rings. The van der Waals surface area contributed by atoms with Crippen LogP contribution in [0, 0.1) is 5.41 Å². The number of methoxy groups -OCH3 is 1. The first-order valence-corrected chi connectivity index (χ1v) is 6.29. The van der Waals surface area contributed by atoms with Crippen LogP contribution in [0.3, 0.4) is 0 Å². The highest BCUT2D eigenvalue weighted by atomic mass is 16.5. The van der Waals surface area contributed by atoms with Crippen molar-refractivity contribution in [3.63, 3.8) is 0 Å². The molecule has 2 unspecified atom stereocenters. The zero-order valence-electron chi connectivity index (χ0n) is 11.2. The van der Waals surface area contributed by atoms with Gasteiger partial charge in [0, 0.05) is 25.7 Å². The molecule has 2 rings (SSSR count). The highest BCUT2D eigenvalue weighted by Gasteiger charge is 2.50. The highest BCUT2D eigenvalue weighted by Crippen LogP contribution is 2.47. The summed E-state index contributed by atoms with van der Waals surface area (Å²) in [6, 6.07) is 0. The molecule has 0 aliphatic carbocycles. The van der Waals surface area contributed by atoms with E-state index >= 15 is 0 Å². The van der Waals surface area contributed by atoms with Gasteiger partial charge in [-0.05, 0) is 24.7 Å². The van der Waals surface area contributed by atoms with Crippen molar-refractivity contribution in [1.82, 2.24) is 4.90 Å². The predicted molar refractivity (Wildman–Crippen MR) is 67.5 cm³/mol. The van der Waals surface area contributed by atoms with Gasteiger partial charge in [-0.25, -0.2) is 0 Å². The third kappa shape index (κ3) is 2.18. The second-order valence-electron chi connectivity index (χ2n) is 6.83. The molecule has 0 spiro atoms. The summed E-state index contributed by atoms with van der Waals surface area (Å²) in [6.45, 7) is 13.4. The molecule has 0 amide bonds. The van der Waals surface area contributed by atoms with E-state index in [1.807, 2.05) is 7.11 Å². The minimum Gasteiger partial charge on any atom is -0.380 e. The van der Waals surface area contributed by atoms with Crippen molar-refractivity contribution in [3.8, 4) is 0 Å². The van der Waals surface area contributed by atoms with E-state index in [0.29, 0.717) is 17.1 Å². The number of nitrogens with zero attached hydrogens (tertiary/aromatic N) is 1. The van der Waals surface area contributed by atoms with Gasteiger partial charge in [-0.2, -0.15) is 0 Å². The van der Waals surface area contributed by atoms with Crippen LogP contribution in [0.25, 0.3) is 0 Å². The van der Waals surface area contributed by atoms with Gasteiger partial charge in [-0.3, -0.25) is 4.90 Å². The summed E-state index contributed by atoms with van der Waals surface area (Å²) in [5.41, 5.74) is 2.13. The van der Waals surface area contributed by atoms with Crippen LogP contribution in [-0.4, -0.2) is 36.7 Å². The molecule has 2 aliphatic rings. The molecule has 0 saturated carbocycles. The Hall–Kier alpha value is -0.340. The molecule has 0 aromatic carbocycles. The van der Waals surface area contributed by atoms with E-state index in [1.54, 1.807) is 0 Å². The van der Waals surface area contributed by atoms with E-state index < -0.39 is 0 Å². The number of hydrogen-bond donors (Lipinski definition) is 0. The lowest BCUT2D eigenvalue weighted by molar-refractivity contribution is 0.107. The lowest BCUT2D eigenvalue weighted by atomic mass is 9.77. The van der Waals surface area contributed by atoms with Gasteiger partial charge >= 0.3 is 0 Å². The maximum atomic E-state index is 5.55. The Bertz CT molecular complexity index is 292. The van der Waals surface area contributed by atoms with E-state index in [2.05, 4.69) is 32.3 Å². The molecule has 0 bridgehead atoms. The monoisotopic (exact) mass is 223 g/mol. The summed E-state index contributed by atoms with van der Waals surface area (Å²) in [7, 11) is 1.84. The number of hydrogen-bond acceptors (Lipinski definition) is 2. The minimum atomic E-state index is 0.343. The molecule has 0 aromatic heterocycles. The predicted octanol–water partition coefficient (Wildman–Crippen LogP) is 2.84. The Labute approximate surface area is 99.7 Å². The fraction of sp³-hybridized carbons (Fsp3) is 0.857. The second kappa shape index (κ2) is 3.85. The van der Waals surface area contributed by atoms with Crippen LogP contribution in [0.1, 0.15) is 40.0 Å². The topological polar surface area (TPSA) is 12.5 Å². The zero-order valence-corrected chi connectivity index (χ0v) is 11.2. The van der Waals surface area contributed by atoms with Crippen molar-refractivity contribution < 1.29 is 4.74 Å². The first kappa shape index (κ1) is 12.1. The van der Waals surface area contributed by atoms with Gasteiger partial charge in [0.15, 0.2) is 0 Å². The maximum absolute atomic E-state index is 5.55. The van der Waals surface area contributed by atoms with Gasteiger partial charge in [-0.15, -0.1) is 0 Å². The lowest BCUT2D eigenvalue weighted by Gasteiger charge is -2.37. The molecule has 92 valence electrons. The number of fused-ring (bicyclic) bond motifs is 1. The normalized spacial score (nSPS) is 35.8. The molecular weight excluding hydrogens is 198 g/mol. The van der Waals surface area contributed by atoms with E-state index in [-0.39, 0.29) is 0 Å². The molecule has 2 atom stereocenters. The Morgan fingerprint density at radius 1 is 1.50 bits per heavy atom. The zero-order chi connectivity index (χ0) is 12.0. The number of ether oxygens (including phenoxy) is 1. The van der Waals surface area contributed by atoms with Crippen LogP contribution >= 0.6 is 0 Å². The lowest BCUT2D eigenvalue weighted by Crippen LogP contribution is -2.41. The van der Waals surface area contributed by atoms with Crippen molar-refractivity contribution in [2.75, 3.05) is 20.2 Å². The average Bonchev–Trinajstić information content (AvgIpc) is 2.52. The van der Waals surface area contributed by atoms with Gasteiger partial charge in [0.2, 0.25) is 0 Å². The van der Waals surface area contributed by atoms with Crippen LogP contribution in [0.5, 0.6) is 0 Å². The largest absolute Gasteiger partial charge is 0.380 e. The van der Waals surface area contributed by atoms with Crippen molar-refractivity contribution >= 4 is 0 Å². The van der Waals surface area contributed by atoms with Crippen LogP contribution in [0.2, 0.25) is 0 Å². The van der Waals surface area contributed by atoms with E-state index in [1.165, 1.54) is 24.8 Å². The standard InChI is InChI=1S/C14H25NO/c1-11-6-14(10-13(2,3)4)7-12(16-5)9-15(14)8-11/h12H,1,6-10H2,2-5H3. The fourth-order valence-corrected chi connectivity index (χ4v) is 3.66. The molecule has 2 heteroatoms. The quantitative estimate of drug-likeness (QED) is 0.667. The van der Waals surface area contributed by atoms with Gasteiger partial charge in [-0.1, -0.05) is 32.9 Å². The SMILES string of the molecule is C=C1CN2CC(OC)CC2(CC(C)(C)C)C1. The molecular formula is C14H25NO. The first-order valence-electron chi connectivity index (χ1n) is 6.29. The van der Waals surface area contributed by atoms with Crippen LogP contribution < -0.4 is 0 Å². The van der Waals surface area contributed by atoms with Crippen LogP contribution in [-0.2, 0) is 4.74 Å². The Morgan fingerprint density at radius 3 is 2.75 bits per heavy atom. The van der Waals surface area contributed by atoms with E-state index in [9.17, 15) is 0 Å². The van der Waals surface area contributed by atoms with E-state index in [4.69, 9.17) is 4.74 Å². The van der Waals surface area contributed by atoms with Crippen molar-refractivity contribution in [1.29, 1.82) is 0 Å². The van der Waals surface area contributed by atoms with Gasteiger partial charge in [0.1, 0.15) is 0 Å². The summed E-state index contributed by atoms with van der Waals surface area (Å²) in [5, 5.41) is 0. The van der Waals surface area contributed by atoms with Crippen molar-refractivity contribution in [3.05, 3.63) is 12.2 Å². The molecule has 2 nitrogen and oxygen atoms in total. The maximum Gasteiger partial charge on any atom is 0.0716 e. The Balaban J connectivity index is 2.17. The molecule has 2 fully saturated rings. The molecule has 2 aliphatic heterocycles. The van der Waals surface area contributed by atoms with Crippen LogP contribution in [0.4, 0.5) is 0 Å². The second-order valence-corrected chi connectivity index (χ2v) is 6.83. The summed E-state index contributed by atoms with van der Waals surface area (Å²) in [4.78, 5) is 2.61. The first-order chi connectivity index (χ1) is 7.35. The summed E-state index contributed by atoms with van der Waals surface area (Å²) in [5.74, 6) is 0. The third-order valence-corrected chi connectivity index (χ3v) is 3.89. The third-order valence-electron chi connectivity index (χ3n) is 3.89. The molecule has 2 saturated heterocycles. The molecule has 0 radical (unpaired) electrons. The summed E-state index contributed by atoms with van der Waals surface area (Å²) in [6.07, 6.45) is 4.03. The average molecular weight is 223 g/mol. The van der Waals surface area contributed by atoms with Crippen molar-refractivity contribution in [2.24, 2.45) is 5.41 Å². The fourth-order valence-electron chi connectivity index (χ4n) is 3.66. The smallest absolute Gasteiger partial charge is 0.0716 e. The summed E-state index contributed by atoms with van der Waals surface area (Å²) >= 11 is 0. The van der Waals surface area contributed by atoms with E-state index in [0.717, 1.165) is 13.1 Å². The van der Waals surface area contributed by atoms with Crippen LogP contribution in [0.15, 0.2) is 12.2 Å². The van der Waals surface area contributed by atoms with Gasteiger partial charge in [0.05, 0.1) is 6.10 Å². The van der Waals surface area contributed by atoms with Gasteiger partial charge in [0.25, 0.3) is 0 Å². The Kier molecular flexibility index (Phi) is 2.92. The molecule has 0 N–H and O–H groups in total. The minimum absolute atomic E-state index is 0.343. The van der Waals surface area contributed by atoms with Crippen molar-refractivity contribution in [2.45, 2.75) is 51.7 Å². The summed E-state index contributed by atoms with van der Waals surface area (Å²) < 4.78 is 5.55. The highest BCUT2D eigenvalue weighted by molar-refractivity contribution is 5.19. The molecule has 2 heterocycles. The molecule has 16 heavy (non-hydrogen) atoms. The number of rotatable bonds is 2. The Morgan fingerprint density at radius 2 is 2.19 bits per heavy atom. The van der Waals surface area contributed by atoms with Gasteiger partial charge < -0.3 is 4.74 Å².